The fraction of sp³-hybridized carbons (Fsp3) is 0.333. The number of amides is 1. The summed E-state index contributed by atoms with van der Waals surface area (Å²) < 4.78 is 1.44. The largest absolute Gasteiger partial charge is 0.492 e. The van der Waals surface area contributed by atoms with Crippen molar-refractivity contribution >= 4 is 24.2 Å². The number of nitrogens with one attached hydrogen (secondary N) is 2. The molecule has 35 heavy (non-hydrogen) atoms. The predicted molar refractivity (Wildman–Crippen MR) is 131 cm³/mol. The van der Waals surface area contributed by atoms with Crippen molar-refractivity contribution in [1.29, 1.82) is 0 Å². The highest BCUT2D eigenvalue weighted by Crippen LogP contribution is 2.24. The topological polar surface area (TPSA) is 137 Å². The molecule has 1 amide bonds. The second kappa shape index (κ2) is 9.53. The van der Waals surface area contributed by atoms with Crippen LogP contribution >= 0.6 is 0 Å². The fourth-order valence-electron chi connectivity index (χ4n) is 4.52. The lowest BCUT2D eigenvalue weighted by atomic mass is 10.1. The maximum atomic E-state index is 12.8. The highest BCUT2D eigenvalue weighted by atomic mass is 16.3. The molecule has 3 heterocycles. The molecule has 1 aliphatic heterocycles. The van der Waals surface area contributed by atoms with Crippen LogP contribution in [0.15, 0.2) is 46.6 Å². The molecule has 2 aromatic heterocycles. The Morgan fingerprint density at radius 2 is 2.11 bits per heavy atom. The summed E-state index contributed by atoms with van der Waals surface area (Å²) in [6, 6.07) is 8.58. The van der Waals surface area contributed by atoms with Gasteiger partial charge in [-0.1, -0.05) is 29.5 Å². The van der Waals surface area contributed by atoms with Crippen LogP contribution in [0.2, 0.25) is 0 Å². The van der Waals surface area contributed by atoms with Crippen molar-refractivity contribution in [3.8, 4) is 5.88 Å². The summed E-state index contributed by atoms with van der Waals surface area (Å²) in [5, 5.41) is 28.5. The maximum absolute atomic E-state index is 12.8. The number of carbonyl (C=O) groups is 1. The molecule has 11 heteroatoms. The van der Waals surface area contributed by atoms with Gasteiger partial charge >= 0.3 is 0 Å². The summed E-state index contributed by atoms with van der Waals surface area (Å²) in [6.45, 7) is 6.45. The molecule has 0 unspecified atom stereocenters. The van der Waals surface area contributed by atoms with Gasteiger partial charge in [0, 0.05) is 31.4 Å². The van der Waals surface area contributed by atoms with Gasteiger partial charge in [-0.15, -0.1) is 10.2 Å². The number of H-pyrrole nitrogens is 1. The number of benzene rings is 1. The number of aromatic hydroxyl groups is 1. The Morgan fingerprint density at radius 1 is 1.34 bits per heavy atom. The zero-order valence-corrected chi connectivity index (χ0v) is 19.5. The minimum atomic E-state index is -0.161. The normalized spacial score (nSPS) is 16.2. The van der Waals surface area contributed by atoms with Gasteiger partial charge in [-0.25, -0.2) is 9.98 Å². The van der Waals surface area contributed by atoms with Crippen molar-refractivity contribution in [2.24, 2.45) is 9.98 Å². The molecule has 0 saturated carbocycles. The van der Waals surface area contributed by atoms with E-state index in [1.54, 1.807) is 17.3 Å². The summed E-state index contributed by atoms with van der Waals surface area (Å²) >= 11 is 0. The number of rotatable bonds is 5. The quantitative estimate of drug-likeness (QED) is 0.379. The molecule has 2 aliphatic rings. The van der Waals surface area contributed by atoms with Gasteiger partial charge in [0.15, 0.2) is 0 Å². The van der Waals surface area contributed by atoms with Crippen LogP contribution in [-0.2, 0) is 37.1 Å². The monoisotopic (exact) mass is 473 g/mol. The van der Waals surface area contributed by atoms with Crippen molar-refractivity contribution in [2.75, 3.05) is 6.54 Å². The van der Waals surface area contributed by atoms with E-state index >= 15 is 0 Å². The molecular weight excluding hydrogens is 446 g/mol. The Labute approximate surface area is 202 Å². The van der Waals surface area contributed by atoms with E-state index in [0.717, 1.165) is 24.2 Å². The van der Waals surface area contributed by atoms with Crippen molar-refractivity contribution in [2.45, 2.75) is 45.3 Å². The van der Waals surface area contributed by atoms with Crippen LogP contribution in [0.25, 0.3) is 5.57 Å². The van der Waals surface area contributed by atoms with Crippen LogP contribution in [0.5, 0.6) is 5.88 Å². The van der Waals surface area contributed by atoms with Crippen molar-refractivity contribution in [1.82, 2.24) is 35.4 Å². The Hall–Kier alpha value is -4.28. The molecule has 0 spiro atoms. The minimum Gasteiger partial charge on any atom is -0.492 e. The third-order valence-corrected chi connectivity index (χ3v) is 6.41. The number of fused-ring (bicyclic) bond motifs is 2. The molecule has 1 aliphatic carbocycles. The van der Waals surface area contributed by atoms with Gasteiger partial charge in [-0.05, 0) is 43.2 Å². The van der Waals surface area contributed by atoms with Crippen LogP contribution in [0, 0.1) is 0 Å². The number of aliphatic imine (C=N–C) groups is 2. The number of hydrogen-bond acceptors (Lipinski definition) is 6. The van der Waals surface area contributed by atoms with Crippen LogP contribution in [-0.4, -0.2) is 66.4 Å². The van der Waals surface area contributed by atoms with E-state index in [0.29, 0.717) is 36.6 Å². The standard InChI is InChI=1S/C24H27N9O2/c1-15(11-26-24(25-2)27-18-9-16-5-3-4-6-17(16)10-18)19-12-33(30-23(19)35)14-22(34)32-8-7-20-21(13-32)29-31-28-20/h3-6,11-12,18H,2,7-10,13-14H2,1H3,(H,26,27)(H,30,35)(H,28,29,31)/b15-11+. The maximum Gasteiger partial charge on any atom is 0.244 e. The lowest BCUT2D eigenvalue weighted by Crippen LogP contribution is -2.38. The van der Waals surface area contributed by atoms with E-state index in [2.05, 4.69) is 54.7 Å². The molecule has 0 bridgehead atoms. The molecule has 0 atom stereocenters. The van der Waals surface area contributed by atoms with Gasteiger partial charge in [-0.3, -0.25) is 14.6 Å². The number of carbonyl (C=O) groups excluding carboxylic acids is 1. The molecule has 0 saturated heterocycles. The van der Waals surface area contributed by atoms with E-state index < -0.39 is 0 Å². The number of nitrogens with zero attached hydrogens (tertiary/aromatic N) is 7. The Balaban J connectivity index is 1.22. The Morgan fingerprint density at radius 3 is 2.86 bits per heavy atom. The zero-order valence-electron chi connectivity index (χ0n) is 19.5. The van der Waals surface area contributed by atoms with Crippen LogP contribution < -0.4 is 5.32 Å². The van der Waals surface area contributed by atoms with E-state index in [9.17, 15) is 9.90 Å². The predicted octanol–water partition coefficient (Wildman–Crippen LogP) is 1.47. The molecule has 1 aromatic carbocycles. The van der Waals surface area contributed by atoms with Gasteiger partial charge in [0.1, 0.15) is 12.2 Å². The van der Waals surface area contributed by atoms with Crippen molar-refractivity contribution < 1.29 is 9.90 Å². The number of allylic oxidation sites excluding steroid dienone is 1. The number of guanidine groups is 1. The summed E-state index contributed by atoms with van der Waals surface area (Å²) in [7, 11) is 0. The van der Waals surface area contributed by atoms with E-state index in [4.69, 9.17) is 0 Å². The molecule has 180 valence electrons. The Kier molecular flexibility index (Phi) is 6.13. The number of aromatic nitrogens is 5. The third kappa shape index (κ3) is 4.84. The average Bonchev–Trinajstić information content (AvgIpc) is 3.58. The highest BCUT2D eigenvalue weighted by Gasteiger charge is 2.24. The van der Waals surface area contributed by atoms with Gasteiger partial charge < -0.3 is 15.3 Å². The first-order valence-corrected chi connectivity index (χ1v) is 11.5. The highest BCUT2D eigenvalue weighted by molar-refractivity contribution is 5.85. The van der Waals surface area contributed by atoms with Crippen LogP contribution in [0.1, 0.15) is 35.0 Å². The molecule has 5 rings (SSSR count). The van der Waals surface area contributed by atoms with Crippen molar-refractivity contribution in [3.05, 3.63) is 64.7 Å². The van der Waals surface area contributed by atoms with Gasteiger partial charge in [0.05, 0.1) is 17.8 Å². The number of aromatic amines is 1. The van der Waals surface area contributed by atoms with E-state index in [1.165, 1.54) is 15.8 Å². The lowest BCUT2D eigenvalue weighted by Gasteiger charge is -2.25. The second-order valence-corrected chi connectivity index (χ2v) is 8.81. The first-order valence-electron chi connectivity index (χ1n) is 11.5. The summed E-state index contributed by atoms with van der Waals surface area (Å²) in [6.07, 6.45) is 5.75. The average molecular weight is 474 g/mol. The van der Waals surface area contributed by atoms with Gasteiger partial charge in [-0.2, -0.15) is 0 Å². The smallest absolute Gasteiger partial charge is 0.244 e. The first-order chi connectivity index (χ1) is 17.0. The molecule has 11 nitrogen and oxygen atoms in total. The minimum absolute atomic E-state index is 0.0144. The first kappa shape index (κ1) is 22.5. The molecule has 0 fully saturated rings. The second-order valence-electron chi connectivity index (χ2n) is 8.81. The lowest BCUT2D eigenvalue weighted by molar-refractivity contribution is -0.133. The number of hydrogen-bond donors (Lipinski definition) is 3. The Bertz CT molecular complexity index is 1300. The van der Waals surface area contributed by atoms with Crippen LogP contribution in [0.4, 0.5) is 0 Å². The molecule has 3 aromatic rings. The van der Waals surface area contributed by atoms with Crippen LogP contribution in [0.3, 0.4) is 0 Å². The molecule has 3 N–H and O–H groups in total. The third-order valence-electron chi connectivity index (χ3n) is 6.41. The summed E-state index contributed by atoms with van der Waals surface area (Å²) in [4.78, 5) is 22.9. The fourth-order valence-corrected chi connectivity index (χ4v) is 4.52. The SMILES string of the molecule is C=N/C(=N\C=C(/C)c1cn(CC(=O)N2CCc3[nH]nnc3C2)nc1O)NC1Cc2ccccc2C1. The zero-order chi connectivity index (χ0) is 24.4. The molecule has 0 radical (unpaired) electrons. The summed E-state index contributed by atoms with van der Waals surface area (Å²) in [5.41, 5.74) is 5.59. The summed E-state index contributed by atoms with van der Waals surface area (Å²) in [5.74, 6) is 0.153. The molecular formula is C24H27N9O2. The van der Waals surface area contributed by atoms with Gasteiger partial charge in [0.25, 0.3) is 0 Å². The van der Waals surface area contributed by atoms with Gasteiger partial charge in [0.2, 0.25) is 17.7 Å². The van der Waals surface area contributed by atoms with E-state index in [-0.39, 0.29) is 24.4 Å². The van der Waals surface area contributed by atoms with Crippen molar-refractivity contribution in [3.63, 3.8) is 0 Å². The van der Waals surface area contributed by atoms with E-state index in [1.807, 2.05) is 19.1 Å².